The summed E-state index contributed by atoms with van der Waals surface area (Å²) < 4.78 is 16.3. The van der Waals surface area contributed by atoms with Gasteiger partial charge in [0.25, 0.3) is 0 Å². The van der Waals surface area contributed by atoms with Crippen molar-refractivity contribution in [2.75, 3.05) is 6.26 Å². The van der Waals surface area contributed by atoms with E-state index in [9.17, 15) is 9.32 Å². The number of hydrogen-bond acceptors (Lipinski definition) is 3. The molecule has 0 spiro atoms. The SMILES string of the molecule is CS1(=O)=CC(O)(C2CCCCC2)O1. The van der Waals surface area contributed by atoms with Crippen molar-refractivity contribution in [3.8, 4) is 0 Å². The van der Waals surface area contributed by atoms with Crippen LogP contribution in [0.25, 0.3) is 0 Å². The van der Waals surface area contributed by atoms with Gasteiger partial charge in [-0.15, -0.1) is 0 Å². The summed E-state index contributed by atoms with van der Waals surface area (Å²) in [6, 6.07) is 0. The molecule has 1 heterocycles. The van der Waals surface area contributed by atoms with Gasteiger partial charge in [0.1, 0.15) is 0 Å². The molecule has 1 aliphatic heterocycles. The van der Waals surface area contributed by atoms with Crippen molar-refractivity contribution < 1.29 is 13.5 Å². The fraction of sp³-hybridized carbons (Fsp3) is 0.889. The highest BCUT2D eigenvalue weighted by Crippen LogP contribution is 2.37. The highest BCUT2D eigenvalue weighted by atomic mass is 32.2. The van der Waals surface area contributed by atoms with Gasteiger partial charge in [0, 0.05) is 12.2 Å². The molecule has 4 heteroatoms. The van der Waals surface area contributed by atoms with Gasteiger partial charge < -0.3 is 5.11 Å². The van der Waals surface area contributed by atoms with Crippen LogP contribution < -0.4 is 0 Å². The lowest BCUT2D eigenvalue weighted by atomic mass is 9.84. The Morgan fingerprint density at radius 3 is 2.46 bits per heavy atom. The molecule has 76 valence electrons. The first-order chi connectivity index (χ1) is 6.02. The first kappa shape index (κ1) is 9.49. The van der Waals surface area contributed by atoms with Crippen molar-refractivity contribution in [3.05, 3.63) is 0 Å². The smallest absolute Gasteiger partial charge is 0.212 e. The zero-order valence-corrected chi connectivity index (χ0v) is 8.68. The zero-order valence-electron chi connectivity index (χ0n) is 7.86. The Balaban J connectivity index is 2.10. The Labute approximate surface area is 79.3 Å². The lowest BCUT2D eigenvalue weighted by Gasteiger charge is -2.41. The van der Waals surface area contributed by atoms with E-state index < -0.39 is 15.6 Å². The number of hydrogen-bond donors (Lipinski definition) is 1. The maximum absolute atomic E-state index is 11.3. The van der Waals surface area contributed by atoms with Crippen LogP contribution in [0.1, 0.15) is 32.1 Å². The van der Waals surface area contributed by atoms with Crippen LogP contribution in [0.4, 0.5) is 0 Å². The maximum atomic E-state index is 11.3. The molecule has 1 N–H and O–H groups in total. The van der Waals surface area contributed by atoms with E-state index in [1.807, 2.05) is 0 Å². The topological polar surface area (TPSA) is 46.5 Å². The molecule has 0 radical (unpaired) electrons. The molecule has 0 saturated heterocycles. The lowest BCUT2D eigenvalue weighted by molar-refractivity contribution is -0.126. The van der Waals surface area contributed by atoms with Gasteiger partial charge in [0.05, 0.1) is 15.2 Å². The Bertz CT molecular complexity index is 311. The van der Waals surface area contributed by atoms with Crippen LogP contribution in [-0.4, -0.2) is 26.7 Å². The van der Waals surface area contributed by atoms with E-state index in [0.717, 1.165) is 25.7 Å². The first-order valence-corrected chi connectivity index (χ1v) is 6.75. The third-order valence-electron chi connectivity index (χ3n) is 2.87. The van der Waals surface area contributed by atoms with Crippen LogP contribution in [0, 0.1) is 5.92 Å². The molecule has 0 amide bonds. The Morgan fingerprint density at radius 1 is 1.46 bits per heavy atom. The average molecular weight is 204 g/mol. The average Bonchev–Trinajstić information content (AvgIpc) is 2.02. The molecule has 0 aromatic rings. The van der Waals surface area contributed by atoms with E-state index in [2.05, 4.69) is 0 Å². The second-order valence-corrected chi connectivity index (χ2v) is 6.18. The third kappa shape index (κ3) is 1.75. The van der Waals surface area contributed by atoms with Gasteiger partial charge in [-0.05, 0) is 12.8 Å². The second-order valence-electron chi connectivity index (χ2n) is 4.12. The van der Waals surface area contributed by atoms with E-state index in [1.165, 1.54) is 18.0 Å². The maximum Gasteiger partial charge on any atom is 0.212 e. The normalized spacial score (nSPS) is 46.6. The molecule has 2 rings (SSSR count). The summed E-state index contributed by atoms with van der Waals surface area (Å²) in [4.78, 5) is 0. The molecule has 1 fully saturated rings. The molecular weight excluding hydrogens is 188 g/mol. The van der Waals surface area contributed by atoms with E-state index in [4.69, 9.17) is 4.18 Å². The summed E-state index contributed by atoms with van der Waals surface area (Å²) in [5.41, 5.74) is 0. The summed E-state index contributed by atoms with van der Waals surface area (Å²) in [5.74, 6) is -1.01. The third-order valence-corrected chi connectivity index (χ3v) is 4.24. The first-order valence-electron chi connectivity index (χ1n) is 4.80. The summed E-state index contributed by atoms with van der Waals surface area (Å²) in [6.07, 6.45) is 7.04. The Kier molecular flexibility index (Phi) is 2.17. The van der Waals surface area contributed by atoms with Gasteiger partial charge in [0.2, 0.25) is 5.79 Å². The molecule has 3 nitrogen and oxygen atoms in total. The molecule has 2 aliphatic rings. The van der Waals surface area contributed by atoms with Crippen molar-refractivity contribution in [2.45, 2.75) is 37.9 Å². The summed E-state index contributed by atoms with van der Waals surface area (Å²) in [5, 5.41) is 11.4. The molecule has 13 heavy (non-hydrogen) atoms. The standard InChI is InChI=1S/C9H16O3S/c1-13(11)7-9(10,12-13)8-5-3-2-4-6-8/h7-8,10H,2-6H2,1H3. The summed E-state index contributed by atoms with van der Waals surface area (Å²) in [7, 11) is -2.26. The van der Waals surface area contributed by atoms with Crippen LogP contribution in [0.5, 0.6) is 0 Å². The van der Waals surface area contributed by atoms with Gasteiger partial charge >= 0.3 is 0 Å². The van der Waals surface area contributed by atoms with Gasteiger partial charge in [-0.2, -0.15) is 0 Å². The number of rotatable bonds is 1. The molecule has 0 aromatic heterocycles. The van der Waals surface area contributed by atoms with E-state index in [0.29, 0.717) is 0 Å². The lowest BCUT2D eigenvalue weighted by Crippen LogP contribution is -2.53. The van der Waals surface area contributed by atoms with Crippen LogP contribution in [0.3, 0.4) is 0 Å². The summed E-state index contributed by atoms with van der Waals surface area (Å²) in [6.45, 7) is 0. The van der Waals surface area contributed by atoms with E-state index >= 15 is 0 Å². The minimum absolute atomic E-state index is 0.163. The monoisotopic (exact) mass is 204 g/mol. The van der Waals surface area contributed by atoms with Crippen LogP contribution in [0.2, 0.25) is 0 Å². The highest BCUT2D eigenvalue weighted by Gasteiger charge is 2.46. The molecule has 2 unspecified atom stereocenters. The largest absolute Gasteiger partial charge is 0.361 e. The molecular formula is C9H16O3S. The minimum Gasteiger partial charge on any atom is -0.361 e. The van der Waals surface area contributed by atoms with Crippen molar-refractivity contribution in [3.63, 3.8) is 0 Å². The van der Waals surface area contributed by atoms with Crippen molar-refractivity contribution in [1.82, 2.24) is 0 Å². The van der Waals surface area contributed by atoms with Gasteiger partial charge in [-0.25, -0.2) is 4.21 Å². The van der Waals surface area contributed by atoms with Crippen molar-refractivity contribution in [2.24, 2.45) is 5.92 Å². The van der Waals surface area contributed by atoms with Gasteiger partial charge in [-0.1, -0.05) is 19.3 Å². The molecule has 1 saturated carbocycles. The molecule has 2 atom stereocenters. The Morgan fingerprint density at radius 2 is 2.00 bits per heavy atom. The quantitative estimate of drug-likeness (QED) is 0.646. The van der Waals surface area contributed by atoms with E-state index in [1.54, 1.807) is 0 Å². The highest BCUT2D eigenvalue weighted by molar-refractivity contribution is 7.97. The predicted octanol–water partition coefficient (Wildman–Crippen LogP) is 0.917. The van der Waals surface area contributed by atoms with Crippen molar-refractivity contribution >= 4 is 15.2 Å². The predicted molar refractivity (Wildman–Crippen MR) is 52.7 cm³/mol. The second kappa shape index (κ2) is 2.97. The fourth-order valence-corrected chi connectivity index (χ4v) is 3.73. The molecule has 0 bridgehead atoms. The Hall–Kier alpha value is -0.0600. The minimum atomic E-state index is -2.26. The van der Waals surface area contributed by atoms with Crippen LogP contribution in [-0.2, 0) is 14.0 Å². The van der Waals surface area contributed by atoms with Crippen LogP contribution in [0.15, 0.2) is 0 Å². The van der Waals surface area contributed by atoms with Gasteiger partial charge in [-0.3, -0.25) is 4.18 Å². The zero-order chi connectivity index (χ0) is 9.53. The van der Waals surface area contributed by atoms with E-state index in [-0.39, 0.29) is 5.92 Å². The summed E-state index contributed by atoms with van der Waals surface area (Å²) >= 11 is 0. The van der Waals surface area contributed by atoms with Crippen molar-refractivity contribution in [1.29, 1.82) is 0 Å². The van der Waals surface area contributed by atoms with Gasteiger partial charge in [0.15, 0.2) is 0 Å². The molecule has 0 aromatic carbocycles. The fourth-order valence-electron chi connectivity index (χ4n) is 2.25. The molecule has 1 aliphatic carbocycles. The van der Waals surface area contributed by atoms with Crippen LogP contribution >= 0.6 is 0 Å². The number of aliphatic hydroxyl groups is 1.